The van der Waals surface area contributed by atoms with Gasteiger partial charge in [-0.15, -0.1) is 0 Å². The van der Waals surface area contributed by atoms with Crippen LogP contribution in [0.1, 0.15) is 74.5 Å². The number of hydrogen-bond acceptors (Lipinski definition) is 9. The maximum atomic E-state index is 12.5. The molecule has 47 heavy (non-hydrogen) atoms. The first-order valence-electron chi connectivity index (χ1n) is 15.4. The van der Waals surface area contributed by atoms with Gasteiger partial charge in [0.05, 0.1) is 35.5 Å². The summed E-state index contributed by atoms with van der Waals surface area (Å²) in [7, 11) is 0. The maximum Gasteiger partial charge on any atom is 0.338 e. The van der Waals surface area contributed by atoms with Gasteiger partial charge in [-0.05, 0) is 80.3 Å². The normalized spacial score (nSPS) is 11.8. The molecule has 0 fully saturated rings. The Morgan fingerprint density at radius 3 is 1.13 bits per heavy atom. The van der Waals surface area contributed by atoms with Crippen LogP contribution in [0.2, 0.25) is 0 Å². The third kappa shape index (κ3) is 12.5. The summed E-state index contributed by atoms with van der Waals surface area (Å²) in [6.45, 7) is 6.75. The van der Waals surface area contributed by atoms with Crippen LogP contribution in [0.3, 0.4) is 0 Å². The summed E-state index contributed by atoms with van der Waals surface area (Å²) in [6.07, 6.45) is 10.5. The topological polar surface area (TPSA) is 107 Å². The third-order valence-electron chi connectivity index (χ3n) is 6.73. The summed E-state index contributed by atoms with van der Waals surface area (Å²) in [5.41, 5.74) is 4.19. The molecule has 9 nitrogen and oxygen atoms in total. The van der Waals surface area contributed by atoms with Crippen molar-refractivity contribution >= 4 is 17.9 Å². The highest BCUT2D eigenvalue weighted by molar-refractivity contribution is 5.90. The van der Waals surface area contributed by atoms with E-state index in [0.717, 1.165) is 16.7 Å². The van der Waals surface area contributed by atoms with E-state index in [2.05, 4.69) is 0 Å². The Hall–Kier alpha value is -5.31. The van der Waals surface area contributed by atoms with Gasteiger partial charge in [-0.1, -0.05) is 54.6 Å². The SMILES string of the molecule is CC=COCCOC(=O)c1ccc(CC(c2ccc(C(=O)OCCOC=CC)cc2)c2ccc(C(=O)OCCOC=CC)cc2)cc1. The van der Waals surface area contributed by atoms with Gasteiger partial charge in [-0.25, -0.2) is 14.4 Å². The Morgan fingerprint density at radius 2 is 0.809 bits per heavy atom. The second kappa shape index (κ2) is 20.7. The zero-order valence-corrected chi connectivity index (χ0v) is 27.1. The molecule has 0 aromatic heterocycles. The number of carbonyl (C=O) groups is 3. The van der Waals surface area contributed by atoms with Gasteiger partial charge in [-0.3, -0.25) is 0 Å². The van der Waals surface area contributed by atoms with Gasteiger partial charge in [0.2, 0.25) is 0 Å². The van der Waals surface area contributed by atoms with Crippen LogP contribution < -0.4 is 0 Å². The predicted octanol–water partition coefficient (Wildman–Crippen LogP) is 7.18. The van der Waals surface area contributed by atoms with E-state index in [-0.39, 0.29) is 45.6 Å². The van der Waals surface area contributed by atoms with Crippen molar-refractivity contribution in [2.45, 2.75) is 33.1 Å². The summed E-state index contributed by atoms with van der Waals surface area (Å²) in [6, 6.07) is 21.8. The molecule has 0 aliphatic carbocycles. The van der Waals surface area contributed by atoms with Crippen molar-refractivity contribution in [3.63, 3.8) is 0 Å². The fourth-order valence-corrected chi connectivity index (χ4v) is 4.43. The molecule has 9 heteroatoms. The number of benzene rings is 3. The number of rotatable bonds is 19. The third-order valence-corrected chi connectivity index (χ3v) is 6.73. The van der Waals surface area contributed by atoms with Gasteiger partial charge in [0.15, 0.2) is 0 Å². The van der Waals surface area contributed by atoms with Crippen LogP contribution in [0.4, 0.5) is 0 Å². The van der Waals surface area contributed by atoms with E-state index >= 15 is 0 Å². The van der Waals surface area contributed by atoms with Crippen LogP contribution in [0.25, 0.3) is 0 Å². The molecule has 3 aromatic rings. The zero-order valence-electron chi connectivity index (χ0n) is 27.1. The van der Waals surface area contributed by atoms with Crippen LogP contribution in [-0.4, -0.2) is 57.5 Å². The highest BCUT2D eigenvalue weighted by Gasteiger charge is 2.18. The Balaban J connectivity index is 1.75. The van der Waals surface area contributed by atoms with Gasteiger partial charge in [0.1, 0.15) is 39.6 Å². The number of hydrogen-bond donors (Lipinski definition) is 0. The molecule has 248 valence electrons. The number of ether oxygens (including phenoxy) is 6. The molecule has 0 saturated carbocycles. The van der Waals surface area contributed by atoms with Crippen molar-refractivity contribution in [1.29, 1.82) is 0 Å². The Bertz CT molecular complexity index is 1400. The molecule has 0 saturated heterocycles. The number of esters is 3. The summed E-state index contributed by atoms with van der Waals surface area (Å²) in [5, 5.41) is 0. The van der Waals surface area contributed by atoms with E-state index in [1.807, 2.05) is 57.2 Å². The minimum absolute atomic E-state index is 0.129. The molecule has 0 amide bonds. The lowest BCUT2D eigenvalue weighted by Gasteiger charge is -2.19. The molecule has 3 rings (SSSR count). The Morgan fingerprint density at radius 1 is 0.489 bits per heavy atom. The molecule has 0 bridgehead atoms. The van der Waals surface area contributed by atoms with Gasteiger partial charge < -0.3 is 28.4 Å². The van der Waals surface area contributed by atoms with Crippen molar-refractivity contribution < 1.29 is 42.8 Å². The molecule has 0 heterocycles. The van der Waals surface area contributed by atoms with E-state index in [9.17, 15) is 14.4 Å². The average molecular weight is 643 g/mol. The molecule has 3 aromatic carbocycles. The van der Waals surface area contributed by atoms with E-state index in [1.165, 1.54) is 0 Å². The molecular weight excluding hydrogens is 600 g/mol. The van der Waals surface area contributed by atoms with Crippen molar-refractivity contribution in [2.24, 2.45) is 0 Å². The van der Waals surface area contributed by atoms with E-state index in [0.29, 0.717) is 23.1 Å². The summed E-state index contributed by atoms with van der Waals surface area (Å²) < 4.78 is 31.5. The maximum absolute atomic E-state index is 12.5. The molecule has 0 unspecified atom stereocenters. The molecule has 0 spiro atoms. The number of carbonyl (C=O) groups excluding carboxylic acids is 3. The highest BCUT2D eigenvalue weighted by Crippen LogP contribution is 2.30. The van der Waals surface area contributed by atoms with E-state index in [4.69, 9.17) is 28.4 Å². The summed E-state index contributed by atoms with van der Waals surface area (Å²) in [4.78, 5) is 37.6. The lowest BCUT2D eigenvalue weighted by atomic mass is 9.85. The fraction of sp³-hybridized carbons (Fsp3) is 0.289. The molecule has 0 N–H and O–H groups in total. The average Bonchev–Trinajstić information content (AvgIpc) is 3.10. The van der Waals surface area contributed by atoms with Gasteiger partial charge >= 0.3 is 17.9 Å². The van der Waals surface area contributed by atoms with Crippen LogP contribution in [-0.2, 0) is 34.8 Å². The lowest BCUT2D eigenvalue weighted by molar-refractivity contribution is 0.0413. The van der Waals surface area contributed by atoms with Crippen LogP contribution in [0.5, 0.6) is 0 Å². The Kier molecular flexibility index (Phi) is 15.9. The lowest BCUT2D eigenvalue weighted by Crippen LogP contribution is -2.12. The molecule has 0 atom stereocenters. The summed E-state index contributed by atoms with van der Waals surface area (Å²) >= 11 is 0. The monoisotopic (exact) mass is 642 g/mol. The zero-order chi connectivity index (χ0) is 33.7. The smallest absolute Gasteiger partial charge is 0.338 e. The summed E-state index contributed by atoms with van der Waals surface area (Å²) in [5.74, 6) is -1.43. The molecule has 0 radical (unpaired) electrons. The van der Waals surface area contributed by atoms with Crippen molar-refractivity contribution in [1.82, 2.24) is 0 Å². The second-order valence-corrected chi connectivity index (χ2v) is 10.1. The first-order chi connectivity index (χ1) is 23.0. The first-order valence-corrected chi connectivity index (χ1v) is 15.4. The standard InChI is InChI=1S/C38H42O9/c1-4-19-42-22-25-45-36(39)32-9-7-29(8-10-32)28-35(30-11-15-33(16-12-30)37(40)46-26-23-43-20-5-2)31-13-17-34(18-14-31)38(41)47-27-24-44-21-6-3/h4-21,35H,22-28H2,1-3H3. The predicted molar refractivity (Wildman–Crippen MR) is 178 cm³/mol. The quantitative estimate of drug-likeness (QED) is 0.0582. The van der Waals surface area contributed by atoms with Crippen molar-refractivity contribution in [2.75, 3.05) is 39.6 Å². The van der Waals surface area contributed by atoms with E-state index in [1.54, 1.807) is 73.4 Å². The molecular formula is C38H42O9. The number of allylic oxidation sites excluding steroid dienone is 3. The van der Waals surface area contributed by atoms with E-state index < -0.39 is 17.9 Å². The van der Waals surface area contributed by atoms with Crippen LogP contribution in [0, 0.1) is 0 Å². The van der Waals surface area contributed by atoms with Gasteiger partial charge in [0.25, 0.3) is 0 Å². The van der Waals surface area contributed by atoms with Crippen LogP contribution in [0.15, 0.2) is 110 Å². The second-order valence-electron chi connectivity index (χ2n) is 10.1. The van der Waals surface area contributed by atoms with Gasteiger partial charge in [0, 0.05) is 5.92 Å². The van der Waals surface area contributed by atoms with Crippen molar-refractivity contribution in [3.05, 3.63) is 143 Å². The van der Waals surface area contributed by atoms with Gasteiger partial charge in [-0.2, -0.15) is 0 Å². The van der Waals surface area contributed by atoms with Crippen molar-refractivity contribution in [3.8, 4) is 0 Å². The highest BCUT2D eigenvalue weighted by atomic mass is 16.6. The first kappa shape index (κ1) is 36.2. The molecule has 0 aliphatic rings. The minimum atomic E-state index is -0.438. The largest absolute Gasteiger partial charge is 0.498 e. The fourth-order valence-electron chi connectivity index (χ4n) is 4.43. The van der Waals surface area contributed by atoms with Crippen LogP contribution >= 0.6 is 0 Å². The minimum Gasteiger partial charge on any atom is -0.498 e. The Labute approximate surface area is 276 Å². The molecule has 0 aliphatic heterocycles.